The minimum atomic E-state index is -0.943. The number of carboxylic acids is 1. The number of imidazole rings is 1. The van der Waals surface area contributed by atoms with Gasteiger partial charge >= 0.3 is 5.97 Å². The molecule has 0 saturated heterocycles. The van der Waals surface area contributed by atoms with E-state index in [1.165, 1.54) is 0 Å². The van der Waals surface area contributed by atoms with E-state index < -0.39 is 5.97 Å². The van der Waals surface area contributed by atoms with Gasteiger partial charge in [-0.1, -0.05) is 6.07 Å². The summed E-state index contributed by atoms with van der Waals surface area (Å²) >= 11 is 0. The summed E-state index contributed by atoms with van der Waals surface area (Å²) in [4.78, 5) is 22.9. The van der Waals surface area contributed by atoms with Gasteiger partial charge in [0.25, 0.3) is 0 Å². The molecule has 2 aromatic heterocycles. The van der Waals surface area contributed by atoms with Crippen LogP contribution in [0.2, 0.25) is 0 Å². The Hall–Kier alpha value is -3.15. The first-order valence-corrected chi connectivity index (χ1v) is 7.64. The van der Waals surface area contributed by atoms with Crippen LogP contribution in [-0.2, 0) is 6.42 Å². The molecule has 6 heteroatoms. The van der Waals surface area contributed by atoms with Crippen LogP contribution in [-0.4, -0.2) is 26.0 Å². The molecule has 3 aromatic rings. The van der Waals surface area contributed by atoms with E-state index in [2.05, 4.69) is 15.0 Å². The third kappa shape index (κ3) is 2.52. The molecule has 4 rings (SSSR count). The smallest absolute Gasteiger partial charge is 0.335 e. The molecule has 0 bridgehead atoms. The van der Waals surface area contributed by atoms with Crippen molar-refractivity contribution in [2.24, 2.45) is 0 Å². The molecule has 24 heavy (non-hydrogen) atoms. The normalized spacial score (nSPS) is 19.3. The number of aromatic amines is 1. The van der Waals surface area contributed by atoms with E-state index in [9.17, 15) is 9.90 Å². The number of pyridine rings is 1. The predicted octanol–water partition coefficient (Wildman–Crippen LogP) is 2.96. The first kappa shape index (κ1) is 14.4. The van der Waals surface area contributed by atoms with Crippen molar-refractivity contribution >= 4 is 5.97 Å². The average Bonchev–Trinajstić information content (AvgIpc) is 3.15. The number of carbonyl (C=O) groups is 1. The van der Waals surface area contributed by atoms with Gasteiger partial charge in [-0.05, 0) is 36.2 Å². The number of nitrogens with zero attached hydrogens (tertiary/aromatic N) is 2. The monoisotopic (exact) mass is 321 g/mol. The highest BCUT2D eigenvalue weighted by atomic mass is 16.5. The second-order valence-corrected chi connectivity index (χ2v) is 5.74. The SMILES string of the molecule is O=C(O)c1ccc2c(c1)CC(c1ncc[nH]1)C(c1cccnc1)O2. The lowest BCUT2D eigenvalue weighted by Crippen LogP contribution is -2.25. The maximum absolute atomic E-state index is 11.2. The molecule has 1 aliphatic rings. The van der Waals surface area contributed by atoms with Crippen LogP contribution in [0, 0.1) is 0 Å². The van der Waals surface area contributed by atoms with E-state index in [0.717, 1.165) is 17.0 Å². The number of fused-ring (bicyclic) bond motifs is 1. The predicted molar refractivity (Wildman–Crippen MR) is 86.0 cm³/mol. The first-order valence-electron chi connectivity index (χ1n) is 7.64. The summed E-state index contributed by atoms with van der Waals surface area (Å²) in [5, 5.41) is 9.20. The van der Waals surface area contributed by atoms with Crippen molar-refractivity contribution in [3.63, 3.8) is 0 Å². The lowest BCUT2D eigenvalue weighted by atomic mass is 9.86. The Labute approximate surface area is 138 Å². The number of aromatic carboxylic acids is 1. The zero-order valence-electron chi connectivity index (χ0n) is 12.7. The number of nitrogens with one attached hydrogen (secondary N) is 1. The summed E-state index contributed by atoms with van der Waals surface area (Å²) in [6.45, 7) is 0. The number of H-pyrrole nitrogens is 1. The number of hydrogen-bond donors (Lipinski definition) is 2. The van der Waals surface area contributed by atoms with E-state index >= 15 is 0 Å². The zero-order valence-corrected chi connectivity index (χ0v) is 12.7. The number of carboxylic acid groups (broad SMARTS) is 1. The van der Waals surface area contributed by atoms with Gasteiger partial charge in [-0.3, -0.25) is 4.98 Å². The standard InChI is InChI=1S/C18H15N3O3/c22-18(23)11-3-4-15-13(8-11)9-14(17-20-6-7-21-17)16(24-15)12-2-1-5-19-10-12/h1-8,10,14,16H,9H2,(H,20,21)(H,22,23). The highest BCUT2D eigenvalue weighted by Crippen LogP contribution is 2.43. The maximum atomic E-state index is 11.2. The fraction of sp³-hybridized carbons (Fsp3) is 0.167. The summed E-state index contributed by atoms with van der Waals surface area (Å²) in [5.74, 6) is 0.536. The van der Waals surface area contributed by atoms with Crippen molar-refractivity contribution in [2.75, 3.05) is 0 Å². The van der Waals surface area contributed by atoms with Crippen molar-refractivity contribution in [2.45, 2.75) is 18.4 Å². The number of ether oxygens (including phenoxy) is 1. The molecule has 3 heterocycles. The van der Waals surface area contributed by atoms with Gasteiger partial charge < -0.3 is 14.8 Å². The molecule has 0 saturated carbocycles. The van der Waals surface area contributed by atoms with Gasteiger partial charge in [-0.25, -0.2) is 9.78 Å². The van der Waals surface area contributed by atoms with Gasteiger partial charge in [-0.2, -0.15) is 0 Å². The van der Waals surface area contributed by atoms with Gasteiger partial charge in [0.1, 0.15) is 17.7 Å². The molecule has 1 aliphatic heterocycles. The van der Waals surface area contributed by atoms with Crippen LogP contribution in [0.3, 0.4) is 0 Å². The Kier molecular flexibility index (Phi) is 3.49. The van der Waals surface area contributed by atoms with E-state index in [1.54, 1.807) is 43.0 Å². The number of hydrogen-bond acceptors (Lipinski definition) is 4. The van der Waals surface area contributed by atoms with Gasteiger partial charge in [0, 0.05) is 30.4 Å². The van der Waals surface area contributed by atoms with Gasteiger partial charge in [0.2, 0.25) is 0 Å². The van der Waals surface area contributed by atoms with Crippen LogP contribution in [0.25, 0.3) is 0 Å². The van der Waals surface area contributed by atoms with E-state index in [1.807, 2.05) is 12.1 Å². The van der Waals surface area contributed by atoms with Crippen LogP contribution in [0.1, 0.15) is 39.3 Å². The second kappa shape index (κ2) is 5.81. The fourth-order valence-corrected chi connectivity index (χ4v) is 3.11. The number of aromatic nitrogens is 3. The van der Waals surface area contributed by atoms with E-state index in [4.69, 9.17) is 4.74 Å². The summed E-state index contributed by atoms with van der Waals surface area (Å²) < 4.78 is 6.20. The molecule has 2 N–H and O–H groups in total. The molecule has 0 amide bonds. The van der Waals surface area contributed by atoms with Crippen LogP contribution in [0.4, 0.5) is 0 Å². The highest BCUT2D eigenvalue weighted by molar-refractivity contribution is 5.88. The van der Waals surface area contributed by atoms with Crippen LogP contribution in [0.5, 0.6) is 5.75 Å². The molecule has 2 atom stereocenters. The largest absolute Gasteiger partial charge is 0.485 e. The molecule has 2 unspecified atom stereocenters. The molecule has 0 radical (unpaired) electrons. The summed E-state index contributed by atoms with van der Waals surface area (Å²) in [6, 6.07) is 8.81. The topological polar surface area (TPSA) is 88.1 Å². The summed E-state index contributed by atoms with van der Waals surface area (Å²) in [5.41, 5.74) is 2.10. The van der Waals surface area contributed by atoms with Gasteiger partial charge in [0.15, 0.2) is 0 Å². The van der Waals surface area contributed by atoms with Crippen molar-refractivity contribution in [3.8, 4) is 5.75 Å². The quantitative estimate of drug-likeness (QED) is 0.774. The van der Waals surface area contributed by atoms with Crippen LogP contribution >= 0.6 is 0 Å². The van der Waals surface area contributed by atoms with Crippen LogP contribution < -0.4 is 4.74 Å². The Morgan fingerprint density at radius 1 is 1.29 bits per heavy atom. The molecule has 1 aromatic carbocycles. The number of benzene rings is 1. The molecule has 0 fully saturated rings. The third-order valence-electron chi connectivity index (χ3n) is 4.25. The highest BCUT2D eigenvalue weighted by Gasteiger charge is 2.34. The lowest BCUT2D eigenvalue weighted by Gasteiger charge is -2.33. The summed E-state index contributed by atoms with van der Waals surface area (Å²) in [7, 11) is 0. The van der Waals surface area contributed by atoms with Gasteiger partial charge in [0.05, 0.1) is 11.5 Å². The average molecular weight is 321 g/mol. The molecular formula is C18H15N3O3. The number of rotatable bonds is 3. The minimum absolute atomic E-state index is 0.0410. The van der Waals surface area contributed by atoms with Crippen molar-refractivity contribution in [1.82, 2.24) is 15.0 Å². The zero-order chi connectivity index (χ0) is 16.5. The van der Waals surface area contributed by atoms with Gasteiger partial charge in [-0.15, -0.1) is 0 Å². The van der Waals surface area contributed by atoms with Crippen molar-refractivity contribution < 1.29 is 14.6 Å². The molecule has 6 nitrogen and oxygen atoms in total. The Morgan fingerprint density at radius 2 is 2.21 bits per heavy atom. The third-order valence-corrected chi connectivity index (χ3v) is 4.25. The Bertz CT molecular complexity index is 862. The Balaban J connectivity index is 1.78. The Morgan fingerprint density at radius 3 is 2.92 bits per heavy atom. The summed E-state index contributed by atoms with van der Waals surface area (Å²) in [6.07, 6.45) is 7.41. The second-order valence-electron chi connectivity index (χ2n) is 5.74. The molecular weight excluding hydrogens is 306 g/mol. The van der Waals surface area contributed by atoms with Crippen molar-refractivity contribution in [1.29, 1.82) is 0 Å². The van der Waals surface area contributed by atoms with E-state index in [0.29, 0.717) is 12.2 Å². The van der Waals surface area contributed by atoms with Crippen LogP contribution in [0.15, 0.2) is 55.1 Å². The lowest BCUT2D eigenvalue weighted by molar-refractivity contribution is 0.0696. The fourth-order valence-electron chi connectivity index (χ4n) is 3.11. The maximum Gasteiger partial charge on any atom is 0.335 e. The molecule has 0 aliphatic carbocycles. The van der Waals surface area contributed by atoms with Crippen molar-refractivity contribution in [3.05, 3.63) is 77.6 Å². The van der Waals surface area contributed by atoms with E-state index in [-0.39, 0.29) is 17.6 Å². The molecule has 0 spiro atoms. The molecule has 120 valence electrons. The minimum Gasteiger partial charge on any atom is -0.485 e. The first-order chi connectivity index (χ1) is 11.7.